The van der Waals surface area contributed by atoms with Gasteiger partial charge in [-0.15, -0.1) is 11.6 Å². The Morgan fingerprint density at radius 3 is 2.44 bits per heavy atom. The number of halogens is 1. The Bertz CT molecular complexity index is 385. The Morgan fingerprint density at radius 1 is 1.17 bits per heavy atom. The summed E-state index contributed by atoms with van der Waals surface area (Å²) in [5.41, 5.74) is 0.890. The number of benzene rings is 1. The first-order chi connectivity index (χ1) is 8.74. The van der Waals surface area contributed by atoms with Gasteiger partial charge in [-0.1, -0.05) is 49.6 Å². The summed E-state index contributed by atoms with van der Waals surface area (Å²) >= 11 is 6.07. The second-order valence-corrected chi connectivity index (χ2v) is 5.45. The minimum absolute atomic E-state index is 0.0868. The molecule has 98 valence electrons. The van der Waals surface area contributed by atoms with Gasteiger partial charge in [0.15, 0.2) is 0 Å². The van der Waals surface area contributed by atoms with E-state index in [1.165, 1.54) is 19.3 Å². The number of amides is 1. The van der Waals surface area contributed by atoms with Gasteiger partial charge in [0.25, 0.3) is 0 Å². The average Bonchev–Trinajstić information content (AvgIpc) is 2.41. The molecule has 0 atom stereocenters. The van der Waals surface area contributed by atoms with Crippen LogP contribution in [0.3, 0.4) is 0 Å². The highest BCUT2D eigenvalue weighted by molar-refractivity contribution is 6.18. The monoisotopic (exact) mass is 265 g/mol. The predicted octanol–water partition coefficient (Wildman–Crippen LogP) is 3.29. The molecular weight excluding hydrogens is 246 g/mol. The van der Waals surface area contributed by atoms with Crippen molar-refractivity contribution >= 4 is 17.5 Å². The second-order valence-electron chi connectivity index (χ2n) is 5.19. The highest BCUT2D eigenvalue weighted by Gasteiger charge is 2.32. The van der Waals surface area contributed by atoms with E-state index in [2.05, 4.69) is 5.32 Å². The summed E-state index contributed by atoms with van der Waals surface area (Å²) < 4.78 is 0. The topological polar surface area (TPSA) is 29.1 Å². The first kappa shape index (κ1) is 13.4. The highest BCUT2D eigenvalue weighted by Crippen LogP contribution is 2.29. The summed E-state index contributed by atoms with van der Waals surface area (Å²) in [6.07, 6.45) is 6.05. The van der Waals surface area contributed by atoms with Crippen LogP contribution >= 0.6 is 11.6 Å². The molecule has 1 aromatic rings. The van der Waals surface area contributed by atoms with E-state index in [4.69, 9.17) is 11.6 Å². The summed E-state index contributed by atoms with van der Waals surface area (Å²) in [5, 5.41) is 3.16. The lowest BCUT2D eigenvalue weighted by Crippen LogP contribution is -2.51. The normalized spacial score (nSPS) is 18.3. The number of carbonyl (C=O) groups excluding carboxylic acids is 1. The Balaban J connectivity index is 1.93. The van der Waals surface area contributed by atoms with E-state index in [0.717, 1.165) is 18.4 Å². The van der Waals surface area contributed by atoms with E-state index in [1.807, 2.05) is 30.3 Å². The Morgan fingerprint density at radius 2 is 1.83 bits per heavy atom. The van der Waals surface area contributed by atoms with E-state index in [9.17, 15) is 4.79 Å². The molecule has 0 spiro atoms. The number of hydrogen-bond acceptors (Lipinski definition) is 1. The van der Waals surface area contributed by atoms with Crippen molar-refractivity contribution < 1.29 is 4.79 Å². The van der Waals surface area contributed by atoms with Gasteiger partial charge in [0.05, 0.1) is 12.0 Å². The zero-order valence-corrected chi connectivity index (χ0v) is 11.4. The van der Waals surface area contributed by atoms with Gasteiger partial charge in [0.1, 0.15) is 0 Å². The fourth-order valence-corrected chi connectivity index (χ4v) is 2.98. The van der Waals surface area contributed by atoms with Gasteiger partial charge in [-0.05, 0) is 18.4 Å². The lowest BCUT2D eigenvalue weighted by molar-refractivity contribution is -0.122. The quantitative estimate of drug-likeness (QED) is 0.832. The molecule has 1 aliphatic carbocycles. The number of nitrogens with one attached hydrogen (secondary N) is 1. The van der Waals surface area contributed by atoms with Crippen LogP contribution in [0.5, 0.6) is 0 Å². The number of alkyl halides is 1. The van der Waals surface area contributed by atoms with Gasteiger partial charge in [0, 0.05) is 5.88 Å². The van der Waals surface area contributed by atoms with Gasteiger partial charge < -0.3 is 5.32 Å². The van der Waals surface area contributed by atoms with Crippen LogP contribution in [0, 0.1) is 0 Å². The molecule has 1 aromatic carbocycles. The summed E-state index contributed by atoms with van der Waals surface area (Å²) in [6, 6.07) is 9.84. The fraction of sp³-hybridized carbons (Fsp3) is 0.533. The first-order valence-corrected chi connectivity index (χ1v) is 7.18. The van der Waals surface area contributed by atoms with Crippen LogP contribution in [0.15, 0.2) is 30.3 Å². The molecule has 0 aliphatic heterocycles. The molecule has 1 saturated carbocycles. The van der Waals surface area contributed by atoms with Crippen LogP contribution < -0.4 is 5.32 Å². The Kier molecular flexibility index (Phi) is 4.65. The standard InChI is InChI=1S/C15H20ClNO/c16-12-15(9-5-2-6-10-15)17-14(18)11-13-7-3-1-4-8-13/h1,3-4,7-8H,2,5-6,9-12H2,(H,17,18). The molecule has 18 heavy (non-hydrogen) atoms. The maximum atomic E-state index is 12.1. The zero-order chi connectivity index (χ0) is 12.8. The summed E-state index contributed by atoms with van der Waals surface area (Å²) in [4.78, 5) is 12.1. The molecule has 1 fully saturated rings. The first-order valence-electron chi connectivity index (χ1n) is 6.65. The van der Waals surface area contributed by atoms with Crippen LogP contribution in [0.1, 0.15) is 37.7 Å². The van der Waals surface area contributed by atoms with Crippen LogP contribution in [0.4, 0.5) is 0 Å². The van der Waals surface area contributed by atoms with Crippen molar-refractivity contribution in [3.63, 3.8) is 0 Å². The molecule has 1 N–H and O–H groups in total. The van der Waals surface area contributed by atoms with E-state index in [1.54, 1.807) is 0 Å². The maximum Gasteiger partial charge on any atom is 0.224 e. The summed E-state index contributed by atoms with van der Waals surface area (Å²) in [7, 11) is 0. The van der Waals surface area contributed by atoms with Crippen LogP contribution in [0.25, 0.3) is 0 Å². The molecule has 0 radical (unpaired) electrons. The van der Waals surface area contributed by atoms with Gasteiger partial charge in [0.2, 0.25) is 5.91 Å². The smallest absolute Gasteiger partial charge is 0.224 e. The third kappa shape index (κ3) is 3.49. The Labute approximate surface area is 114 Å². The molecule has 3 heteroatoms. The summed E-state index contributed by atoms with van der Waals surface area (Å²) in [5.74, 6) is 0.608. The second kappa shape index (κ2) is 6.24. The van der Waals surface area contributed by atoms with E-state index in [0.29, 0.717) is 12.3 Å². The summed E-state index contributed by atoms with van der Waals surface area (Å²) in [6.45, 7) is 0. The highest BCUT2D eigenvalue weighted by atomic mass is 35.5. The SMILES string of the molecule is O=C(Cc1ccccc1)NC1(CCl)CCCCC1. The third-order valence-corrected chi connectivity index (χ3v) is 4.19. The molecule has 0 heterocycles. The van der Waals surface area contributed by atoms with Gasteiger partial charge in [-0.2, -0.15) is 0 Å². The van der Waals surface area contributed by atoms with E-state index < -0.39 is 0 Å². The molecule has 0 saturated heterocycles. The van der Waals surface area contributed by atoms with E-state index in [-0.39, 0.29) is 11.4 Å². The van der Waals surface area contributed by atoms with Crippen molar-refractivity contribution in [3.8, 4) is 0 Å². The van der Waals surface area contributed by atoms with Gasteiger partial charge >= 0.3 is 0 Å². The number of carbonyl (C=O) groups is 1. The number of rotatable bonds is 4. The Hall–Kier alpha value is -1.02. The van der Waals surface area contributed by atoms with Crippen molar-refractivity contribution in [2.24, 2.45) is 0 Å². The zero-order valence-electron chi connectivity index (χ0n) is 10.6. The van der Waals surface area contributed by atoms with Crippen LogP contribution in [-0.4, -0.2) is 17.3 Å². The van der Waals surface area contributed by atoms with Gasteiger partial charge in [-0.25, -0.2) is 0 Å². The average molecular weight is 266 g/mol. The molecule has 2 nitrogen and oxygen atoms in total. The van der Waals surface area contributed by atoms with Crippen molar-refractivity contribution in [2.45, 2.75) is 44.1 Å². The minimum Gasteiger partial charge on any atom is -0.349 e. The van der Waals surface area contributed by atoms with Crippen molar-refractivity contribution in [3.05, 3.63) is 35.9 Å². The van der Waals surface area contributed by atoms with Crippen molar-refractivity contribution in [1.82, 2.24) is 5.32 Å². The lowest BCUT2D eigenvalue weighted by atomic mass is 9.83. The molecule has 0 bridgehead atoms. The molecule has 1 amide bonds. The fourth-order valence-electron chi connectivity index (χ4n) is 2.64. The minimum atomic E-state index is -0.161. The lowest BCUT2D eigenvalue weighted by Gasteiger charge is -2.36. The largest absolute Gasteiger partial charge is 0.349 e. The number of hydrogen-bond donors (Lipinski definition) is 1. The molecule has 1 aliphatic rings. The van der Waals surface area contributed by atoms with Crippen molar-refractivity contribution in [2.75, 3.05) is 5.88 Å². The third-order valence-electron chi connectivity index (χ3n) is 3.68. The predicted molar refractivity (Wildman–Crippen MR) is 74.8 cm³/mol. The molecule has 0 unspecified atom stereocenters. The van der Waals surface area contributed by atoms with Gasteiger partial charge in [-0.3, -0.25) is 4.79 Å². The molecule has 2 rings (SSSR count). The van der Waals surface area contributed by atoms with Crippen LogP contribution in [-0.2, 0) is 11.2 Å². The molecular formula is C15H20ClNO. The molecule has 0 aromatic heterocycles. The van der Waals surface area contributed by atoms with E-state index >= 15 is 0 Å². The van der Waals surface area contributed by atoms with Crippen molar-refractivity contribution in [1.29, 1.82) is 0 Å². The van der Waals surface area contributed by atoms with Crippen LogP contribution in [0.2, 0.25) is 0 Å². The maximum absolute atomic E-state index is 12.1.